The zero-order valence-corrected chi connectivity index (χ0v) is 9.62. The van der Waals surface area contributed by atoms with Crippen molar-refractivity contribution in [2.75, 3.05) is 6.54 Å². The fourth-order valence-corrected chi connectivity index (χ4v) is 3.21. The van der Waals surface area contributed by atoms with Crippen LogP contribution in [0.25, 0.3) is 0 Å². The van der Waals surface area contributed by atoms with Gasteiger partial charge >= 0.3 is 0 Å². The second kappa shape index (κ2) is 3.34. The first-order valence-electron chi connectivity index (χ1n) is 6.03. The number of hydrogen-bond acceptors (Lipinski definition) is 1. The van der Waals surface area contributed by atoms with Gasteiger partial charge in [-0.2, -0.15) is 0 Å². The van der Waals surface area contributed by atoms with Crippen LogP contribution in [0, 0.1) is 18.3 Å². The highest BCUT2D eigenvalue weighted by Gasteiger charge is 2.54. The molecule has 1 aromatic rings. The number of aryl methyl sites for hydroxylation is 1. The van der Waals surface area contributed by atoms with Gasteiger partial charge in [-0.15, -0.1) is 0 Å². The van der Waals surface area contributed by atoms with E-state index in [2.05, 4.69) is 36.5 Å². The Morgan fingerprint density at radius 1 is 1.50 bits per heavy atom. The molecule has 1 amide bonds. The largest absolute Gasteiger partial charge is 0.355 e. The SMILES string of the molecule is Cc1cccc(CC23CCC2C(=O)NC3)c1. The first-order valence-corrected chi connectivity index (χ1v) is 6.03. The number of nitrogens with one attached hydrogen (secondary N) is 1. The van der Waals surface area contributed by atoms with Crippen molar-refractivity contribution in [3.63, 3.8) is 0 Å². The first-order chi connectivity index (χ1) is 7.70. The maximum absolute atomic E-state index is 11.6. The Morgan fingerprint density at radius 3 is 3.00 bits per heavy atom. The van der Waals surface area contributed by atoms with Gasteiger partial charge in [0.2, 0.25) is 5.91 Å². The quantitative estimate of drug-likeness (QED) is 0.804. The zero-order chi connectivity index (χ0) is 11.2. The minimum atomic E-state index is 0.241. The molecule has 1 aromatic carbocycles. The van der Waals surface area contributed by atoms with Crippen LogP contribution in [0.5, 0.6) is 0 Å². The summed E-state index contributed by atoms with van der Waals surface area (Å²) in [5.41, 5.74) is 2.92. The molecule has 0 spiro atoms. The van der Waals surface area contributed by atoms with Crippen LogP contribution in [-0.2, 0) is 11.2 Å². The van der Waals surface area contributed by atoms with Crippen molar-refractivity contribution in [1.29, 1.82) is 0 Å². The fourth-order valence-electron chi connectivity index (χ4n) is 3.21. The highest BCUT2D eigenvalue weighted by Crippen LogP contribution is 2.51. The molecule has 2 fully saturated rings. The Morgan fingerprint density at radius 2 is 2.38 bits per heavy atom. The van der Waals surface area contributed by atoms with Crippen molar-refractivity contribution in [3.05, 3.63) is 35.4 Å². The normalized spacial score (nSPS) is 31.8. The molecule has 1 saturated heterocycles. The first kappa shape index (κ1) is 9.88. The van der Waals surface area contributed by atoms with Gasteiger partial charge in [0.25, 0.3) is 0 Å². The van der Waals surface area contributed by atoms with Crippen LogP contribution in [0.1, 0.15) is 24.0 Å². The van der Waals surface area contributed by atoms with Crippen molar-refractivity contribution in [2.45, 2.75) is 26.2 Å². The smallest absolute Gasteiger partial charge is 0.223 e. The summed E-state index contributed by atoms with van der Waals surface area (Å²) in [5, 5.41) is 3.02. The predicted octanol–water partition coefficient (Wildman–Crippen LogP) is 2.06. The Hall–Kier alpha value is -1.31. The number of rotatable bonds is 2. The van der Waals surface area contributed by atoms with Crippen LogP contribution in [-0.4, -0.2) is 12.5 Å². The third-order valence-electron chi connectivity index (χ3n) is 4.24. The second-order valence-corrected chi connectivity index (χ2v) is 5.34. The molecule has 0 radical (unpaired) electrons. The highest BCUT2D eigenvalue weighted by atomic mass is 16.2. The molecule has 0 bridgehead atoms. The molecule has 16 heavy (non-hydrogen) atoms. The number of fused-ring (bicyclic) bond motifs is 1. The Labute approximate surface area is 96.1 Å². The summed E-state index contributed by atoms with van der Waals surface area (Å²) in [6, 6.07) is 8.66. The minimum absolute atomic E-state index is 0.241. The van der Waals surface area contributed by atoms with Crippen LogP contribution in [0.4, 0.5) is 0 Å². The van der Waals surface area contributed by atoms with Gasteiger partial charge in [-0.3, -0.25) is 4.79 Å². The molecule has 2 atom stereocenters. The van der Waals surface area contributed by atoms with E-state index in [4.69, 9.17) is 0 Å². The molecule has 1 N–H and O–H groups in total. The monoisotopic (exact) mass is 215 g/mol. The highest BCUT2D eigenvalue weighted by molar-refractivity contribution is 5.83. The summed E-state index contributed by atoms with van der Waals surface area (Å²) in [6.07, 6.45) is 3.33. The minimum Gasteiger partial charge on any atom is -0.355 e. The summed E-state index contributed by atoms with van der Waals surface area (Å²) in [4.78, 5) is 11.6. The molecule has 84 valence electrons. The fraction of sp³-hybridized carbons (Fsp3) is 0.500. The van der Waals surface area contributed by atoms with E-state index in [1.54, 1.807) is 0 Å². The molecule has 0 aromatic heterocycles. The lowest BCUT2D eigenvalue weighted by Gasteiger charge is -2.42. The Bertz CT molecular complexity index is 440. The number of hydrogen-bond donors (Lipinski definition) is 1. The van der Waals surface area contributed by atoms with Crippen molar-refractivity contribution in [1.82, 2.24) is 5.32 Å². The van der Waals surface area contributed by atoms with Crippen LogP contribution in [0.15, 0.2) is 24.3 Å². The van der Waals surface area contributed by atoms with Gasteiger partial charge in [0.05, 0.1) is 0 Å². The molecule has 2 aliphatic rings. The molecule has 1 heterocycles. The van der Waals surface area contributed by atoms with Crippen molar-refractivity contribution in [2.24, 2.45) is 11.3 Å². The van der Waals surface area contributed by atoms with E-state index in [9.17, 15) is 4.79 Å². The lowest BCUT2D eigenvalue weighted by molar-refractivity contribution is -0.127. The second-order valence-electron chi connectivity index (χ2n) is 5.34. The van der Waals surface area contributed by atoms with E-state index in [-0.39, 0.29) is 17.2 Å². The van der Waals surface area contributed by atoms with Gasteiger partial charge < -0.3 is 5.32 Å². The molecule has 2 heteroatoms. The Kier molecular flexibility index (Phi) is 2.06. The van der Waals surface area contributed by atoms with Gasteiger partial charge in [0, 0.05) is 17.9 Å². The van der Waals surface area contributed by atoms with E-state index < -0.39 is 0 Å². The van der Waals surface area contributed by atoms with Gasteiger partial charge in [-0.05, 0) is 31.7 Å². The summed E-state index contributed by atoms with van der Waals surface area (Å²) >= 11 is 0. The van der Waals surface area contributed by atoms with Crippen molar-refractivity contribution < 1.29 is 4.79 Å². The average molecular weight is 215 g/mol. The van der Waals surface area contributed by atoms with E-state index in [1.165, 1.54) is 17.5 Å². The molecule has 1 aliphatic carbocycles. The third kappa shape index (κ3) is 1.36. The van der Waals surface area contributed by atoms with Crippen LogP contribution >= 0.6 is 0 Å². The van der Waals surface area contributed by atoms with E-state index in [0.29, 0.717) is 0 Å². The molecule has 1 saturated carbocycles. The third-order valence-corrected chi connectivity index (χ3v) is 4.24. The van der Waals surface area contributed by atoms with Gasteiger partial charge in [-0.1, -0.05) is 29.8 Å². The summed E-state index contributed by atoms with van der Waals surface area (Å²) < 4.78 is 0. The van der Waals surface area contributed by atoms with Crippen molar-refractivity contribution >= 4 is 5.91 Å². The van der Waals surface area contributed by atoms with Gasteiger partial charge in [0.15, 0.2) is 0 Å². The number of benzene rings is 1. The summed E-state index contributed by atoms with van der Waals surface area (Å²) in [6.45, 7) is 3.00. The molecule has 2 nitrogen and oxygen atoms in total. The molecule has 3 rings (SSSR count). The summed E-state index contributed by atoms with van der Waals surface area (Å²) in [7, 11) is 0. The molecule has 2 unspecified atom stereocenters. The standard InChI is InChI=1S/C14H17NO/c1-10-3-2-4-11(7-10)8-14-6-5-12(14)13(16)15-9-14/h2-4,7,12H,5-6,8-9H2,1H3,(H,15,16). The van der Waals surface area contributed by atoms with Gasteiger partial charge in [0.1, 0.15) is 0 Å². The maximum Gasteiger partial charge on any atom is 0.223 e. The molecular weight excluding hydrogens is 198 g/mol. The van der Waals surface area contributed by atoms with Crippen LogP contribution in [0.2, 0.25) is 0 Å². The Balaban J connectivity index is 1.83. The summed E-state index contributed by atoms with van der Waals surface area (Å²) in [5.74, 6) is 0.562. The number of carbonyl (C=O) groups excluding carboxylic acids is 1. The number of amides is 1. The number of carbonyl (C=O) groups is 1. The average Bonchev–Trinajstić information content (AvgIpc) is 2.41. The predicted molar refractivity (Wildman–Crippen MR) is 63.0 cm³/mol. The topological polar surface area (TPSA) is 29.1 Å². The zero-order valence-electron chi connectivity index (χ0n) is 9.62. The van der Waals surface area contributed by atoms with E-state index >= 15 is 0 Å². The van der Waals surface area contributed by atoms with E-state index in [1.807, 2.05) is 0 Å². The van der Waals surface area contributed by atoms with Crippen LogP contribution < -0.4 is 5.32 Å². The molecule has 1 aliphatic heterocycles. The lowest BCUT2D eigenvalue weighted by atomic mass is 9.59. The van der Waals surface area contributed by atoms with E-state index in [0.717, 1.165) is 19.4 Å². The van der Waals surface area contributed by atoms with Crippen molar-refractivity contribution in [3.8, 4) is 0 Å². The maximum atomic E-state index is 11.6. The van der Waals surface area contributed by atoms with Crippen LogP contribution in [0.3, 0.4) is 0 Å². The lowest BCUT2D eigenvalue weighted by Crippen LogP contribution is -2.42. The van der Waals surface area contributed by atoms with Gasteiger partial charge in [-0.25, -0.2) is 0 Å². The molecular formula is C14H17NO.